The van der Waals surface area contributed by atoms with E-state index >= 15 is 0 Å². The van der Waals surface area contributed by atoms with Crippen LogP contribution < -0.4 is 4.72 Å². The largest absolute Gasteiger partial charge is 0.365 e. The number of carbonyl (C=O) groups excluding carboxylic acids is 1. The molecular weight excluding hydrogens is 206 g/mol. The van der Waals surface area contributed by atoms with Crippen LogP contribution in [0, 0.1) is 0 Å². The van der Waals surface area contributed by atoms with Crippen LogP contribution in [0.2, 0.25) is 0 Å². The van der Waals surface area contributed by atoms with Crippen LogP contribution in [0.5, 0.6) is 0 Å². The average molecular weight is 221 g/mol. The SMILES string of the molecule is CCS(=O)(=O)NC(=O)C1(C)CCCO1. The van der Waals surface area contributed by atoms with Gasteiger partial charge in [-0.15, -0.1) is 0 Å². The van der Waals surface area contributed by atoms with E-state index in [0.717, 1.165) is 6.42 Å². The van der Waals surface area contributed by atoms with Crippen molar-refractivity contribution >= 4 is 15.9 Å². The third-order valence-electron chi connectivity index (χ3n) is 2.33. The number of hydrogen-bond acceptors (Lipinski definition) is 4. The highest BCUT2D eigenvalue weighted by Gasteiger charge is 2.39. The average Bonchev–Trinajstić information content (AvgIpc) is 2.53. The summed E-state index contributed by atoms with van der Waals surface area (Å²) >= 11 is 0. The fraction of sp³-hybridized carbons (Fsp3) is 0.875. The molecule has 1 N–H and O–H groups in total. The zero-order valence-corrected chi connectivity index (χ0v) is 9.19. The van der Waals surface area contributed by atoms with E-state index in [0.29, 0.717) is 13.0 Å². The summed E-state index contributed by atoms with van der Waals surface area (Å²) in [7, 11) is -3.47. The second-order valence-corrected chi connectivity index (χ2v) is 5.53. The van der Waals surface area contributed by atoms with Crippen molar-refractivity contribution in [3.8, 4) is 0 Å². The lowest BCUT2D eigenvalue weighted by Crippen LogP contribution is -2.46. The molecule has 1 amide bonds. The van der Waals surface area contributed by atoms with Crippen molar-refractivity contribution in [2.24, 2.45) is 0 Å². The van der Waals surface area contributed by atoms with Gasteiger partial charge in [-0.25, -0.2) is 8.42 Å². The van der Waals surface area contributed by atoms with E-state index in [2.05, 4.69) is 0 Å². The van der Waals surface area contributed by atoms with E-state index in [4.69, 9.17) is 4.74 Å². The number of nitrogens with one attached hydrogen (secondary N) is 1. The minimum Gasteiger partial charge on any atom is -0.365 e. The van der Waals surface area contributed by atoms with Crippen LogP contribution >= 0.6 is 0 Å². The van der Waals surface area contributed by atoms with Gasteiger partial charge < -0.3 is 4.74 Å². The molecule has 0 bridgehead atoms. The minimum atomic E-state index is -3.47. The smallest absolute Gasteiger partial charge is 0.265 e. The summed E-state index contributed by atoms with van der Waals surface area (Å²) < 4.78 is 29.5. The van der Waals surface area contributed by atoms with Crippen molar-refractivity contribution in [2.45, 2.75) is 32.3 Å². The number of sulfonamides is 1. The van der Waals surface area contributed by atoms with Crippen LogP contribution in [0.3, 0.4) is 0 Å². The number of ether oxygens (including phenoxy) is 1. The van der Waals surface area contributed by atoms with Gasteiger partial charge in [-0.2, -0.15) is 0 Å². The van der Waals surface area contributed by atoms with E-state index in [1.807, 2.05) is 4.72 Å². The van der Waals surface area contributed by atoms with Crippen molar-refractivity contribution in [3.05, 3.63) is 0 Å². The van der Waals surface area contributed by atoms with Gasteiger partial charge in [0.2, 0.25) is 10.0 Å². The van der Waals surface area contributed by atoms with Crippen LogP contribution in [0.1, 0.15) is 26.7 Å². The summed E-state index contributed by atoms with van der Waals surface area (Å²) in [5, 5.41) is 0. The standard InChI is InChI=1S/C8H15NO4S/c1-3-14(11,12)9-7(10)8(2)5-4-6-13-8/h3-6H2,1-2H3,(H,9,10). The molecule has 0 saturated carbocycles. The molecule has 1 unspecified atom stereocenters. The normalized spacial score (nSPS) is 27.6. The maximum atomic E-state index is 11.5. The number of carbonyl (C=O) groups is 1. The van der Waals surface area contributed by atoms with Gasteiger partial charge in [-0.1, -0.05) is 0 Å². The molecule has 0 aromatic carbocycles. The number of hydrogen-bond donors (Lipinski definition) is 1. The van der Waals surface area contributed by atoms with Crippen molar-refractivity contribution in [2.75, 3.05) is 12.4 Å². The van der Waals surface area contributed by atoms with Crippen LogP contribution in [-0.4, -0.2) is 32.3 Å². The van der Waals surface area contributed by atoms with Gasteiger partial charge in [0.1, 0.15) is 5.60 Å². The maximum absolute atomic E-state index is 11.5. The van der Waals surface area contributed by atoms with Crippen LogP contribution in [0.4, 0.5) is 0 Å². The molecule has 1 atom stereocenters. The second-order valence-electron chi connectivity index (χ2n) is 3.52. The minimum absolute atomic E-state index is 0.102. The Morgan fingerprint density at radius 1 is 1.57 bits per heavy atom. The lowest BCUT2D eigenvalue weighted by Gasteiger charge is -2.21. The fourth-order valence-electron chi connectivity index (χ4n) is 1.28. The molecular formula is C8H15NO4S. The predicted octanol–water partition coefficient (Wildman–Crippen LogP) is 0.0214. The lowest BCUT2D eigenvalue weighted by molar-refractivity contribution is -0.137. The van der Waals surface area contributed by atoms with Gasteiger partial charge in [0, 0.05) is 6.61 Å². The molecule has 1 aliphatic heterocycles. The van der Waals surface area contributed by atoms with E-state index in [-0.39, 0.29) is 5.75 Å². The molecule has 0 spiro atoms. The number of rotatable bonds is 3. The van der Waals surface area contributed by atoms with E-state index in [1.54, 1.807) is 6.92 Å². The fourth-order valence-corrected chi connectivity index (χ4v) is 1.92. The molecule has 0 aromatic heterocycles. The zero-order chi connectivity index (χ0) is 10.8. The first-order valence-electron chi connectivity index (χ1n) is 4.58. The number of amides is 1. The highest BCUT2D eigenvalue weighted by molar-refractivity contribution is 7.90. The van der Waals surface area contributed by atoms with E-state index in [1.165, 1.54) is 6.92 Å². The van der Waals surface area contributed by atoms with Crippen LogP contribution in [0.15, 0.2) is 0 Å². The third-order valence-corrected chi connectivity index (χ3v) is 3.58. The quantitative estimate of drug-likeness (QED) is 0.729. The summed E-state index contributed by atoms with van der Waals surface area (Å²) in [6, 6.07) is 0. The van der Waals surface area contributed by atoms with Crippen molar-refractivity contribution in [3.63, 3.8) is 0 Å². The molecule has 0 radical (unpaired) electrons. The second kappa shape index (κ2) is 3.86. The molecule has 0 aliphatic carbocycles. The van der Waals surface area contributed by atoms with Gasteiger partial charge in [-0.3, -0.25) is 9.52 Å². The summed E-state index contributed by atoms with van der Waals surface area (Å²) in [5.74, 6) is -0.661. The molecule has 1 aliphatic rings. The molecule has 6 heteroatoms. The predicted molar refractivity (Wildman–Crippen MR) is 51.2 cm³/mol. The lowest BCUT2D eigenvalue weighted by atomic mass is 10.0. The Balaban J connectivity index is 2.67. The molecule has 1 fully saturated rings. The molecule has 1 heterocycles. The molecule has 0 aromatic rings. The Morgan fingerprint density at radius 3 is 2.64 bits per heavy atom. The first-order chi connectivity index (χ1) is 6.40. The topological polar surface area (TPSA) is 72.5 Å². The molecule has 82 valence electrons. The zero-order valence-electron chi connectivity index (χ0n) is 8.37. The molecule has 5 nitrogen and oxygen atoms in total. The van der Waals surface area contributed by atoms with Crippen molar-refractivity contribution in [1.29, 1.82) is 0 Å². The Morgan fingerprint density at radius 2 is 2.21 bits per heavy atom. The van der Waals surface area contributed by atoms with Gasteiger partial charge >= 0.3 is 0 Å². The third kappa shape index (κ3) is 2.45. The summed E-state index contributed by atoms with van der Waals surface area (Å²) in [4.78, 5) is 11.5. The first kappa shape index (κ1) is 11.5. The monoisotopic (exact) mass is 221 g/mol. The van der Waals surface area contributed by atoms with E-state index < -0.39 is 21.5 Å². The van der Waals surface area contributed by atoms with Gasteiger partial charge in [0.25, 0.3) is 5.91 Å². The molecule has 1 rings (SSSR count). The van der Waals surface area contributed by atoms with Gasteiger partial charge in [0.15, 0.2) is 0 Å². The van der Waals surface area contributed by atoms with Gasteiger partial charge in [-0.05, 0) is 26.7 Å². The van der Waals surface area contributed by atoms with Crippen LogP contribution in [0.25, 0.3) is 0 Å². The summed E-state index contributed by atoms with van der Waals surface area (Å²) in [6.45, 7) is 3.60. The molecule has 1 saturated heterocycles. The Kier molecular flexibility index (Phi) is 3.16. The maximum Gasteiger partial charge on any atom is 0.265 e. The van der Waals surface area contributed by atoms with Gasteiger partial charge in [0.05, 0.1) is 5.75 Å². The Labute approximate surface area is 83.9 Å². The van der Waals surface area contributed by atoms with E-state index in [9.17, 15) is 13.2 Å². The summed E-state index contributed by atoms with van der Waals surface area (Å²) in [6.07, 6.45) is 1.36. The Bertz CT molecular complexity index is 316. The van der Waals surface area contributed by atoms with Crippen molar-refractivity contribution < 1.29 is 17.9 Å². The highest BCUT2D eigenvalue weighted by Crippen LogP contribution is 2.25. The highest BCUT2D eigenvalue weighted by atomic mass is 32.2. The Hall–Kier alpha value is -0.620. The van der Waals surface area contributed by atoms with Crippen molar-refractivity contribution in [1.82, 2.24) is 4.72 Å². The summed E-state index contributed by atoms with van der Waals surface area (Å²) in [5.41, 5.74) is -0.970. The van der Waals surface area contributed by atoms with Crippen LogP contribution in [-0.2, 0) is 19.6 Å². The molecule has 14 heavy (non-hydrogen) atoms. The first-order valence-corrected chi connectivity index (χ1v) is 6.24.